The maximum atomic E-state index is 9.43. The van der Waals surface area contributed by atoms with Crippen LogP contribution in [0.3, 0.4) is 0 Å². The SMILES string of the molecule is COc1ccnc2c1ccn2-c1ccccc1CO. The first-order valence-electron chi connectivity index (χ1n) is 6.04. The van der Waals surface area contributed by atoms with Gasteiger partial charge in [0, 0.05) is 18.0 Å². The average Bonchev–Trinajstić information content (AvgIpc) is 2.90. The summed E-state index contributed by atoms with van der Waals surface area (Å²) < 4.78 is 7.29. The van der Waals surface area contributed by atoms with E-state index in [1.165, 1.54) is 0 Å². The van der Waals surface area contributed by atoms with Gasteiger partial charge in [0.05, 0.1) is 24.8 Å². The van der Waals surface area contributed by atoms with E-state index in [0.717, 1.165) is 28.0 Å². The predicted molar refractivity (Wildman–Crippen MR) is 73.5 cm³/mol. The van der Waals surface area contributed by atoms with Crippen molar-refractivity contribution in [1.29, 1.82) is 0 Å². The van der Waals surface area contributed by atoms with Crippen LogP contribution in [0.4, 0.5) is 0 Å². The molecule has 19 heavy (non-hydrogen) atoms. The van der Waals surface area contributed by atoms with E-state index in [0.29, 0.717) is 0 Å². The van der Waals surface area contributed by atoms with Gasteiger partial charge < -0.3 is 14.4 Å². The zero-order chi connectivity index (χ0) is 13.2. The van der Waals surface area contributed by atoms with E-state index in [4.69, 9.17) is 4.74 Å². The molecule has 3 rings (SSSR count). The maximum absolute atomic E-state index is 9.43. The molecule has 0 unspecified atom stereocenters. The van der Waals surface area contributed by atoms with Gasteiger partial charge in [-0.25, -0.2) is 4.98 Å². The highest BCUT2D eigenvalue weighted by Crippen LogP contribution is 2.27. The number of aromatic nitrogens is 2. The lowest BCUT2D eigenvalue weighted by Crippen LogP contribution is -1.99. The van der Waals surface area contributed by atoms with E-state index in [2.05, 4.69) is 4.98 Å². The summed E-state index contributed by atoms with van der Waals surface area (Å²) in [5.74, 6) is 0.797. The minimum atomic E-state index is -0.000183. The van der Waals surface area contributed by atoms with Gasteiger partial charge in [0.2, 0.25) is 0 Å². The molecule has 0 bridgehead atoms. The fraction of sp³-hybridized carbons (Fsp3) is 0.133. The molecule has 2 aromatic heterocycles. The Morgan fingerprint density at radius 1 is 1.21 bits per heavy atom. The highest BCUT2D eigenvalue weighted by molar-refractivity contribution is 5.84. The Balaban J connectivity index is 2.26. The quantitative estimate of drug-likeness (QED) is 0.781. The van der Waals surface area contributed by atoms with Crippen molar-refractivity contribution >= 4 is 11.0 Å². The molecular formula is C15H14N2O2. The number of fused-ring (bicyclic) bond motifs is 1. The summed E-state index contributed by atoms with van der Waals surface area (Å²) in [5, 5.41) is 10.4. The second-order valence-electron chi connectivity index (χ2n) is 4.22. The number of rotatable bonds is 3. The molecule has 0 aliphatic carbocycles. The second kappa shape index (κ2) is 4.74. The van der Waals surface area contributed by atoms with E-state index in [1.54, 1.807) is 13.3 Å². The van der Waals surface area contributed by atoms with Gasteiger partial charge in [0.15, 0.2) is 0 Å². The summed E-state index contributed by atoms with van der Waals surface area (Å²) >= 11 is 0. The molecule has 96 valence electrons. The molecule has 0 atom stereocenters. The summed E-state index contributed by atoms with van der Waals surface area (Å²) in [4.78, 5) is 4.40. The van der Waals surface area contributed by atoms with Crippen LogP contribution in [0.2, 0.25) is 0 Å². The van der Waals surface area contributed by atoms with Gasteiger partial charge in [0.1, 0.15) is 11.4 Å². The number of hydrogen-bond donors (Lipinski definition) is 1. The van der Waals surface area contributed by atoms with Crippen molar-refractivity contribution < 1.29 is 9.84 Å². The lowest BCUT2D eigenvalue weighted by atomic mass is 10.2. The average molecular weight is 254 g/mol. The molecule has 1 N–H and O–H groups in total. The molecule has 0 amide bonds. The van der Waals surface area contributed by atoms with Crippen LogP contribution in [0, 0.1) is 0 Å². The molecule has 0 fully saturated rings. The second-order valence-corrected chi connectivity index (χ2v) is 4.22. The minimum absolute atomic E-state index is 0.000183. The topological polar surface area (TPSA) is 47.3 Å². The Labute approximate surface area is 110 Å². The van der Waals surface area contributed by atoms with Gasteiger partial charge in [-0.2, -0.15) is 0 Å². The fourth-order valence-electron chi connectivity index (χ4n) is 2.27. The van der Waals surface area contributed by atoms with Crippen LogP contribution in [0.5, 0.6) is 5.75 Å². The largest absolute Gasteiger partial charge is 0.496 e. The maximum Gasteiger partial charge on any atom is 0.148 e. The normalized spacial score (nSPS) is 10.8. The lowest BCUT2D eigenvalue weighted by Gasteiger charge is -2.09. The molecule has 1 aromatic carbocycles. The number of ether oxygens (including phenoxy) is 1. The van der Waals surface area contributed by atoms with E-state index in [9.17, 15) is 5.11 Å². The third-order valence-corrected chi connectivity index (χ3v) is 3.19. The van der Waals surface area contributed by atoms with Crippen molar-refractivity contribution in [2.45, 2.75) is 6.61 Å². The van der Waals surface area contributed by atoms with Gasteiger partial charge in [-0.1, -0.05) is 18.2 Å². The van der Waals surface area contributed by atoms with Gasteiger partial charge in [0.25, 0.3) is 0 Å². The van der Waals surface area contributed by atoms with Crippen LogP contribution < -0.4 is 4.74 Å². The fourth-order valence-corrected chi connectivity index (χ4v) is 2.27. The van der Waals surface area contributed by atoms with Crippen LogP contribution in [-0.4, -0.2) is 21.8 Å². The number of aliphatic hydroxyl groups excluding tert-OH is 1. The molecule has 0 radical (unpaired) electrons. The van der Waals surface area contributed by atoms with E-state index < -0.39 is 0 Å². The molecule has 3 aromatic rings. The van der Waals surface area contributed by atoms with Gasteiger partial charge in [-0.3, -0.25) is 0 Å². The molecule has 4 nitrogen and oxygen atoms in total. The Kier molecular flexibility index (Phi) is 2.93. The molecular weight excluding hydrogens is 240 g/mol. The molecule has 0 saturated carbocycles. The van der Waals surface area contributed by atoms with Gasteiger partial charge >= 0.3 is 0 Å². The molecule has 4 heteroatoms. The summed E-state index contributed by atoms with van der Waals surface area (Å²) in [7, 11) is 1.65. The smallest absolute Gasteiger partial charge is 0.148 e. The standard InChI is InChI=1S/C15H14N2O2/c1-19-14-6-8-16-15-12(14)7-9-17(15)13-5-3-2-4-11(13)10-18/h2-9,18H,10H2,1H3. The molecule has 2 heterocycles. The first kappa shape index (κ1) is 11.7. The molecule has 0 spiro atoms. The number of hydrogen-bond acceptors (Lipinski definition) is 3. The summed E-state index contributed by atoms with van der Waals surface area (Å²) in [6, 6.07) is 11.5. The van der Waals surface area contributed by atoms with E-state index >= 15 is 0 Å². The number of nitrogens with zero attached hydrogens (tertiary/aromatic N) is 2. The Morgan fingerprint density at radius 2 is 2.05 bits per heavy atom. The highest BCUT2D eigenvalue weighted by Gasteiger charge is 2.10. The van der Waals surface area contributed by atoms with E-state index in [1.807, 2.05) is 47.2 Å². The van der Waals surface area contributed by atoms with E-state index in [-0.39, 0.29) is 6.61 Å². The van der Waals surface area contributed by atoms with Gasteiger partial charge in [-0.05, 0) is 18.2 Å². The van der Waals surface area contributed by atoms with Crippen LogP contribution in [0.1, 0.15) is 5.56 Å². The number of benzene rings is 1. The predicted octanol–water partition coefficient (Wildman–Crippen LogP) is 2.53. The molecule has 0 aliphatic rings. The first-order valence-corrected chi connectivity index (χ1v) is 6.04. The third-order valence-electron chi connectivity index (χ3n) is 3.19. The third kappa shape index (κ3) is 1.86. The Bertz CT molecular complexity index is 719. The number of methoxy groups -OCH3 is 1. The van der Waals surface area contributed by atoms with Crippen LogP contribution in [0.25, 0.3) is 16.7 Å². The van der Waals surface area contributed by atoms with Crippen molar-refractivity contribution in [3.05, 3.63) is 54.4 Å². The van der Waals surface area contributed by atoms with Crippen molar-refractivity contribution in [3.63, 3.8) is 0 Å². The van der Waals surface area contributed by atoms with Crippen molar-refractivity contribution in [3.8, 4) is 11.4 Å². The van der Waals surface area contributed by atoms with Crippen molar-refractivity contribution in [1.82, 2.24) is 9.55 Å². The summed E-state index contributed by atoms with van der Waals surface area (Å²) in [5.41, 5.74) is 2.62. The molecule has 0 saturated heterocycles. The number of aliphatic hydroxyl groups is 1. The van der Waals surface area contributed by atoms with Crippen LogP contribution in [-0.2, 0) is 6.61 Å². The summed E-state index contributed by atoms with van der Waals surface area (Å²) in [6.07, 6.45) is 3.66. The lowest BCUT2D eigenvalue weighted by molar-refractivity contribution is 0.281. The first-order chi connectivity index (χ1) is 9.35. The zero-order valence-electron chi connectivity index (χ0n) is 10.6. The zero-order valence-corrected chi connectivity index (χ0v) is 10.6. The van der Waals surface area contributed by atoms with Crippen molar-refractivity contribution in [2.24, 2.45) is 0 Å². The minimum Gasteiger partial charge on any atom is -0.496 e. The number of pyridine rings is 1. The van der Waals surface area contributed by atoms with Gasteiger partial charge in [-0.15, -0.1) is 0 Å². The highest BCUT2D eigenvalue weighted by atomic mass is 16.5. The van der Waals surface area contributed by atoms with Crippen LogP contribution in [0.15, 0.2) is 48.8 Å². The van der Waals surface area contributed by atoms with Crippen LogP contribution >= 0.6 is 0 Å². The number of para-hydroxylation sites is 1. The Hall–Kier alpha value is -2.33. The van der Waals surface area contributed by atoms with Crippen molar-refractivity contribution in [2.75, 3.05) is 7.11 Å². The molecule has 0 aliphatic heterocycles. The monoisotopic (exact) mass is 254 g/mol. The summed E-state index contributed by atoms with van der Waals surface area (Å²) in [6.45, 7) is -0.000183. The Morgan fingerprint density at radius 3 is 2.84 bits per heavy atom.